The molecular weight excluding hydrogens is 222 g/mol. The van der Waals surface area contributed by atoms with E-state index in [9.17, 15) is 0 Å². The number of rotatable bonds is 6. The Morgan fingerprint density at radius 1 is 1.28 bits per heavy atom. The van der Waals surface area contributed by atoms with Crippen molar-refractivity contribution >= 4 is 0 Å². The summed E-state index contributed by atoms with van der Waals surface area (Å²) in [7, 11) is 0. The van der Waals surface area contributed by atoms with Crippen molar-refractivity contribution in [3.63, 3.8) is 0 Å². The third-order valence-corrected chi connectivity index (χ3v) is 3.67. The van der Waals surface area contributed by atoms with Crippen LogP contribution in [0.25, 0.3) is 0 Å². The first kappa shape index (κ1) is 13.4. The van der Waals surface area contributed by atoms with Gasteiger partial charge in [-0.1, -0.05) is 31.0 Å². The Bertz CT molecular complexity index is 358. The summed E-state index contributed by atoms with van der Waals surface area (Å²) in [6.45, 7) is 5.06. The third-order valence-electron chi connectivity index (χ3n) is 3.67. The minimum Gasteiger partial charge on any atom is -0.494 e. The van der Waals surface area contributed by atoms with Crippen molar-refractivity contribution in [2.75, 3.05) is 6.61 Å². The van der Waals surface area contributed by atoms with E-state index in [2.05, 4.69) is 30.4 Å². The largest absolute Gasteiger partial charge is 0.494 e. The first-order chi connectivity index (χ1) is 8.79. The van der Waals surface area contributed by atoms with Gasteiger partial charge in [-0.15, -0.1) is 0 Å². The zero-order chi connectivity index (χ0) is 12.8. The van der Waals surface area contributed by atoms with Crippen LogP contribution in [0.4, 0.5) is 0 Å². The highest BCUT2D eigenvalue weighted by atomic mass is 16.5. The van der Waals surface area contributed by atoms with E-state index in [1.54, 1.807) is 0 Å². The normalized spacial score (nSPS) is 17.9. The number of ether oxygens (including phenoxy) is 1. The van der Waals surface area contributed by atoms with Crippen molar-refractivity contribution in [1.29, 1.82) is 0 Å². The first-order valence-electron chi connectivity index (χ1n) is 7.26. The zero-order valence-electron chi connectivity index (χ0n) is 11.6. The van der Waals surface area contributed by atoms with Gasteiger partial charge in [0.05, 0.1) is 6.61 Å². The second-order valence-electron chi connectivity index (χ2n) is 5.29. The minimum absolute atomic E-state index is 0.523. The van der Waals surface area contributed by atoms with E-state index < -0.39 is 0 Å². The van der Waals surface area contributed by atoms with Gasteiger partial charge in [-0.05, 0) is 44.7 Å². The summed E-state index contributed by atoms with van der Waals surface area (Å²) in [6, 6.07) is 9.65. The van der Waals surface area contributed by atoms with Gasteiger partial charge in [0, 0.05) is 12.1 Å². The van der Waals surface area contributed by atoms with Crippen LogP contribution in [0.15, 0.2) is 24.3 Å². The summed E-state index contributed by atoms with van der Waals surface area (Å²) in [4.78, 5) is 0. The van der Waals surface area contributed by atoms with Crippen LogP contribution < -0.4 is 10.1 Å². The fraction of sp³-hybridized carbons (Fsp3) is 0.625. The standard InChI is InChI=1S/C16H25NO/c1-3-18-16-11-7-4-8-14(16)12-13(2)17-15-9-5-6-10-15/h4,7-8,11,13,15,17H,3,5-6,9-10,12H2,1-2H3. The summed E-state index contributed by atoms with van der Waals surface area (Å²) in [6.07, 6.45) is 6.52. The van der Waals surface area contributed by atoms with Gasteiger partial charge in [0.2, 0.25) is 0 Å². The molecule has 2 rings (SSSR count). The van der Waals surface area contributed by atoms with E-state index in [0.29, 0.717) is 6.04 Å². The molecule has 0 amide bonds. The molecule has 0 bridgehead atoms. The number of hydrogen-bond donors (Lipinski definition) is 1. The fourth-order valence-electron chi connectivity index (χ4n) is 2.85. The van der Waals surface area contributed by atoms with Gasteiger partial charge in [0.1, 0.15) is 5.75 Å². The number of para-hydroxylation sites is 1. The summed E-state index contributed by atoms with van der Waals surface area (Å²) in [5, 5.41) is 3.74. The van der Waals surface area contributed by atoms with Gasteiger partial charge in [-0.2, -0.15) is 0 Å². The van der Waals surface area contributed by atoms with Crippen LogP contribution in [0, 0.1) is 0 Å². The van der Waals surface area contributed by atoms with Gasteiger partial charge in [0.15, 0.2) is 0 Å². The Morgan fingerprint density at radius 2 is 2.00 bits per heavy atom. The lowest BCUT2D eigenvalue weighted by atomic mass is 10.0. The molecule has 2 heteroatoms. The van der Waals surface area contributed by atoms with E-state index in [1.807, 2.05) is 13.0 Å². The molecule has 0 aromatic heterocycles. The molecule has 0 saturated heterocycles. The maximum atomic E-state index is 5.68. The lowest BCUT2D eigenvalue weighted by molar-refractivity contribution is 0.334. The maximum absolute atomic E-state index is 5.68. The van der Waals surface area contributed by atoms with Gasteiger partial charge >= 0.3 is 0 Å². The molecule has 1 fully saturated rings. The molecule has 0 aliphatic heterocycles. The predicted molar refractivity (Wildman–Crippen MR) is 76.2 cm³/mol. The van der Waals surface area contributed by atoms with E-state index in [1.165, 1.54) is 31.2 Å². The Hall–Kier alpha value is -1.02. The highest BCUT2D eigenvalue weighted by Gasteiger charge is 2.17. The highest BCUT2D eigenvalue weighted by Crippen LogP contribution is 2.22. The van der Waals surface area contributed by atoms with E-state index in [0.717, 1.165) is 24.8 Å². The van der Waals surface area contributed by atoms with E-state index in [-0.39, 0.29) is 0 Å². The number of hydrogen-bond acceptors (Lipinski definition) is 2. The summed E-state index contributed by atoms with van der Waals surface area (Å²) < 4.78 is 5.68. The Kier molecular flexibility index (Phi) is 5.06. The molecule has 0 spiro atoms. The lowest BCUT2D eigenvalue weighted by Gasteiger charge is -2.20. The quantitative estimate of drug-likeness (QED) is 0.830. The average molecular weight is 247 g/mol. The van der Waals surface area contributed by atoms with Crippen molar-refractivity contribution in [3.8, 4) is 5.75 Å². The molecular formula is C16H25NO. The van der Waals surface area contributed by atoms with Crippen LogP contribution in [-0.2, 0) is 6.42 Å². The molecule has 1 atom stereocenters. The second-order valence-corrected chi connectivity index (χ2v) is 5.29. The molecule has 1 aromatic rings. The summed E-state index contributed by atoms with van der Waals surface area (Å²) >= 11 is 0. The predicted octanol–water partition coefficient (Wildman–Crippen LogP) is 3.55. The monoisotopic (exact) mass is 247 g/mol. The van der Waals surface area contributed by atoms with Crippen LogP contribution in [0.1, 0.15) is 45.1 Å². The Balaban J connectivity index is 1.90. The molecule has 1 aromatic carbocycles. The molecule has 1 aliphatic carbocycles. The van der Waals surface area contributed by atoms with Crippen molar-refractivity contribution < 1.29 is 4.74 Å². The average Bonchev–Trinajstić information content (AvgIpc) is 2.84. The Labute approximate surface area is 111 Å². The van der Waals surface area contributed by atoms with Crippen LogP contribution in [0.5, 0.6) is 5.75 Å². The summed E-state index contributed by atoms with van der Waals surface area (Å²) in [5.41, 5.74) is 1.32. The van der Waals surface area contributed by atoms with Crippen molar-refractivity contribution in [3.05, 3.63) is 29.8 Å². The molecule has 1 N–H and O–H groups in total. The summed E-state index contributed by atoms with van der Waals surface area (Å²) in [5.74, 6) is 1.04. The molecule has 0 radical (unpaired) electrons. The molecule has 2 nitrogen and oxygen atoms in total. The molecule has 1 aliphatic rings. The highest BCUT2D eigenvalue weighted by molar-refractivity contribution is 5.33. The van der Waals surface area contributed by atoms with Crippen LogP contribution in [-0.4, -0.2) is 18.7 Å². The molecule has 100 valence electrons. The maximum Gasteiger partial charge on any atom is 0.122 e. The molecule has 18 heavy (non-hydrogen) atoms. The second kappa shape index (κ2) is 6.79. The topological polar surface area (TPSA) is 21.3 Å². The Morgan fingerprint density at radius 3 is 2.72 bits per heavy atom. The van der Waals surface area contributed by atoms with E-state index >= 15 is 0 Å². The van der Waals surface area contributed by atoms with Crippen LogP contribution >= 0.6 is 0 Å². The van der Waals surface area contributed by atoms with Gasteiger partial charge in [-0.25, -0.2) is 0 Å². The van der Waals surface area contributed by atoms with Crippen molar-refractivity contribution in [2.45, 2.75) is 58.0 Å². The SMILES string of the molecule is CCOc1ccccc1CC(C)NC1CCCC1. The first-order valence-corrected chi connectivity index (χ1v) is 7.26. The van der Waals surface area contributed by atoms with Crippen LogP contribution in [0.3, 0.4) is 0 Å². The molecule has 1 unspecified atom stereocenters. The van der Waals surface area contributed by atoms with Crippen LogP contribution in [0.2, 0.25) is 0 Å². The zero-order valence-corrected chi connectivity index (χ0v) is 11.6. The fourth-order valence-corrected chi connectivity index (χ4v) is 2.85. The van der Waals surface area contributed by atoms with Crippen molar-refractivity contribution in [1.82, 2.24) is 5.32 Å². The van der Waals surface area contributed by atoms with Crippen molar-refractivity contribution in [2.24, 2.45) is 0 Å². The molecule has 1 saturated carbocycles. The molecule has 0 heterocycles. The lowest BCUT2D eigenvalue weighted by Crippen LogP contribution is -2.36. The number of benzene rings is 1. The van der Waals surface area contributed by atoms with Gasteiger partial charge < -0.3 is 10.1 Å². The van der Waals surface area contributed by atoms with Gasteiger partial charge in [0.25, 0.3) is 0 Å². The minimum atomic E-state index is 0.523. The smallest absolute Gasteiger partial charge is 0.122 e. The third kappa shape index (κ3) is 3.74. The number of nitrogens with one attached hydrogen (secondary N) is 1. The van der Waals surface area contributed by atoms with E-state index in [4.69, 9.17) is 4.74 Å². The van der Waals surface area contributed by atoms with Gasteiger partial charge in [-0.3, -0.25) is 0 Å².